The van der Waals surface area contributed by atoms with E-state index in [2.05, 4.69) is 31.0 Å². The van der Waals surface area contributed by atoms with Crippen molar-refractivity contribution in [2.45, 2.75) is 33.2 Å². The second-order valence-electron chi connectivity index (χ2n) is 7.94. The number of aromatic nitrogens is 3. The number of carbonyl (C=O) groups is 1. The average Bonchev–Trinajstić information content (AvgIpc) is 3.50. The third-order valence-electron chi connectivity index (χ3n) is 5.62. The molecule has 4 aromatic rings. The minimum atomic E-state index is 0.00205. The van der Waals surface area contributed by atoms with Crippen LogP contribution in [0.3, 0.4) is 0 Å². The van der Waals surface area contributed by atoms with Gasteiger partial charge < -0.3 is 14.0 Å². The molecule has 1 amide bonds. The topological polar surface area (TPSA) is 69.5 Å². The van der Waals surface area contributed by atoms with Crippen LogP contribution >= 0.6 is 11.3 Å². The van der Waals surface area contributed by atoms with Crippen molar-refractivity contribution in [1.29, 1.82) is 0 Å². The van der Waals surface area contributed by atoms with E-state index in [1.807, 2.05) is 33.9 Å². The smallest absolute Gasteiger partial charge is 0.233 e. The highest BCUT2D eigenvalue weighted by atomic mass is 32.1. The van der Waals surface area contributed by atoms with Crippen LogP contribution in [-0.4, -0.2) is 41.2 Å². The van der Waals surface area contributed by atoms with Crippen LogP contribution in [0, 0.1) is 13.8 Å². The maximum absolute atomic E-state index is 13.5. The highest BCUT2D eigenvalue weighted by molar-refractivity contribution is 7.22. The summed E-state index contributed by atoms with van der Waals surface area (Å²) < 4.78 is 13.9. The Balaban J connectivity index is 1.61. The van der Waals surface area contributed by atoms with Crippen LogP contribution in [0.2, 0.25) is 0 Å². The highest BCUT2D eigenvalue weighted by Gasteiger charge is 2.21. The molecule has 2 aromatic heterocycles. The number of carbonyl (C=O) groups excluding carboxylic acids is 1. The van der Waals surface area contributed by atoms with Gasteiger partial charge in [-0.05, 0) is 49.1 Å². The summed E-state index contributed by atoms with van der Waals surface area (Å²) in [6.45, 7) is 5.49. The maximum Gasteiger partial charge on any atom is 0.233 e. The summed E-state index contributed by atoms with van der Waals surface area (Å²) in [5.41, 5.74) is 4.12. The number of thiazole rings is 1. The number of anilines is 1. The first kappa shape index (κ1) is 22.8. The molecule has 0 bridgehead atoms. The van der Waals surface area contributed by atoms with E-state index in [0.29, 0.717) is 18.0 Å². The van der Waals surface area contributed by atoms with Crippen LogP contribution in [0.5, 0.6) is 11.5 Å². The van der Waals surface area contributed by atoms with Crippen molar-refractivity contribution in [2.75, 3.05) is 25.7 Å². The first-order chi connectivity index (χ1) is 16.0. The van der Waals surface area contributed by atoms with Gasteiger partial charge in [-0.25, -0.2) is 9.97 Å². The fourth-order valence-corrected chi connectivity index (χ4v) is 4.94. The fraction of sp³-hybridized carbons (Fsp3) is 0.320. The van der Waals surface area contributed by atoms with Crippen LogP contribution in [-0.2, 0) is 17.8 Å². The molecule has 7 nitrogen and oxygen atoms in total. The molecule has 0 saturated carbocycles. The zero-order valence-electron chi connectivity index (χ0n) is 19.4. The number of fused-ring (bicyclic) bond motifs is 1. The molecule has 0 spiro atoms. The van der Waals surface area contributed by atoms with E-state index in [1.54, 1.807) is 38.1 Å². The Labute approximate surface area is 197 Å². The number of hydrogen-bond donors (Lipinski definition) is 0. The lowest BCUT2D eigenvalue weighted by molar-refractivity contribution is -0.118. The van der Waals surface area contributed by atoms with Gasteiger partial charge in [0.2, 0.25) is 5.91 Å². The van der Waals surface area contributed by atoms with Crippen LogP contribution in [0.15, 0.2) is 49.1 Å². The molecular formula is C25H28N4O3S. The monoisotopic (exact) mass is 464 g/mol. The van der Waals surface area contributed by atoms with Crippen LogP contribution in [0.25, 0.3) is 10.2 Å². The zero-order chi connectivity index (χ0) is 23.4. The van der Waals surface area contributed by atoms with Gasteiger partial charge in [0.15, 0.2) is 16.6 Å². The van der Waals surface area contributed by atoms with Crippen LogP contribution in [0.1, 0.15) is 23.1 Å². The molecule has 0 saturated heterocycles. The largest absolute Gasteiger partial charge is 0.493 e. The molecule has 0 radical (unpaired) electrons. The predicted octanol–water partition coefficient (Wildman–Crippen LogP) is 4.79. The minimum absolute atomic E-state index is 0.00205. The Kier molecular flexibility index (Phi) is 6.93. The average molecular weight is 465 g/mol. The first-order valence-electron chi connectivity index (χ1n) is 10.8. The van der Waals surface area contributed by atoms with Crippen LogP contribution in [0.4, 0.5) is 5.13 Å². The summed E-state index contributed by atoms with van der Waals surface area (Å²) >= 11 is 1.58. The second-order valence-corrected chi connectivity index (χ2v) is 8.92. The Morgan fingerprint density at radius 2 is 1.88 bits per heavy atom. The normalized spacial score (nSPS) is 11.0. The summed E-state index contributed by atoms with van der Waals surface area (Å²) in [5, 5.41) is 0.735. The molecule has 4 rings (SSSR count). The lowest BCUT2D eigenvalue weighted by Crippen LogP contribution is -2.33. The van der Waals surface area contributed by atoms with Gasteiger partial charge in [-0.3, -0.25) is 9.69 Å². The van der Waals surface area contributed by atoms with E-state index < -0.39 is 0 Å². The summed E-state index contributed by atoms with van der Waals surface area (Å²) in [6.07, 6.45) is 6.53. The molecule has 2 aromatic carbocycles. The van der Waals surface area contributed by atoms with Crippen molar-refractivity contribution in [3.05, 3.63) is 65.7 Å². The number of benzene rings is 2. The number of amides is 1. The molecule has 0 atom stereocenters. The molecule has 0 aliphatic rings. The third-order valence-corrected chi connectivity index (χ3v) is 6.84. The third kappa shape index (κ3) is 5.01. The molecule has 2 heterocycles. The van der Waals surface area contributed by atoms with Crippen LogP contribution < -0.4 is 14.4 Å². The van der Waals surface area contributed by atoms with Gasteiger partial charge in [0.05, 0.1) is 37.2 Å². The van der Waals surface area contributed by atoms with E-state index in [0.717, 1.165) is 39.4 Å². The van der Waals surface area contributed by atoms with Crippen molar-refractivity contribution in [2.24, 2.45) is 0 Å². The van der Waals surface area contributed by atoms with Gasteiger partial charge in [0, 0.05) is 25.5 Å². The quantitative estimate of drug-likeness (QED) is 0.356. The molecule has 0 aliphatic heterocycles. The molecule has 172 valence electrons. The number of hydrogen-bond acceptors (Lipinski definition) is 6. The standard InChI is InChI=1S/C25H28N4O3S/c1-17-6-7-18(2)24-23(17)27-25(33-24)29(12-5-11-28-13-10-26-16-28)22(30)15-19-8-9-20(31-3)21(14-19)32-4/h6-10,13-14,16H,5,11-12,15H2,1-4H3. The summed E-state index contributed by atoms with van der Waals surface area (Å²) in [6, 6.07) is 9.77. The number of methoxy groups -OCH3 is 2. The Morgan fingerprint density at radius 1 is 1.09 bits per heavy atom. The van der Waals surface area contributed by atoms with Crippen molar-refractivity contribution >= 4 is 32.6 Å². The van der Waals surface area contributed by atoms with Gasteiger partial charge in [-0.15, -0.1) is 0 Å². The molecule has 8 heteroatoms. The van der Waals surface area contributed by atoms with Gasteiger partial charge >= 0.3 is 0 Å². The second kappa shape index (κ2) is 10.0. The van der Waals surface area contributed by atoms with E-state index in [4.69, 9.17) is 14.5 Å². The summed E-state index contributed by atoms with van der Waals surface area (Å²) in [7, 11) is 3.19. The molecule has 33 heavy (non-hydrogen) atoms. The van der Waals surface area contributed by atoms with Crippen molar-refractivity contribution in [3.63, 3.8) is 0 Å². The molecule has 0 unspecified atom stereocenters. The zero-order valence-corrected chi connectivity index (χ0v) is 20.2. The number of rotatable bonds is 9. The van der Waals surface area contributed by atoms with Crippen molar-refractivity contribution in [3.8, 4) is 11.5 Å². The van der Waals surface area contributed by atoms with E-state index in [1.165, 1.54) is 5.56 Å². The number of nitrogens with zero attached hydrogens (tertiary/aromatic N) is 4. The Hall–Kier alpha value is -3.39. The highest BCUT2D eigenvalue weighted by Crippen LogP contribution is 2.34. The minimum Gasteiger partial charge on any atom is -0.493 e. The van der Waals surface area contributed by atoms with Gasteiger partial charge in [-0.2, -0.15) is 0 Å². The number of aryl methyl sites for hydroxylation is 3. The number of imidazole rings is 1. The molecule has 0 N–H and O–H groups in total. The Bertz CT molecular complexity index is 1210. The van der Waals surface area contributed by atoms with Gasteiger partial charge in [0.1, 0.15) is 0 Å². The first-order valence-corrected chi connectivity index (χ1v) is 11.7. The number of ether oxygens (including phenoxy) is 2. The van der Waals surface area contributed by atoms with E-state index >= 15 is 0 Å². The molecule has 0 aliphatic carbocycles. The summed E-state index contributed by atoms with van der Waals surface area (Å²) in [5.74, 6) is 1.26. The SMILES string of the molecule is COc1ccc(CC(=O)N(CCCn2ccnc2)c2nc3c(C)ccc(C)c3s2)cc1OC. The van der Waals surface area contributed by atoms with E-state index in [9.17, 15) is 4.79 Å². The fourth-order valence-electron chi connectivity index (χ4n) is 3.78. The molecular weight excluding hydrogens is 436 g/mol. The van der Waals surface area contributed by atoms with Crippen molar-refractivity contribution < 1.29 is 14.3 Å². The molecule has 0 fully saturated rings. The maximum atomic E-state index is 13.5. The van der Waals surface area contributed by atoms with Crippen molar-refractivity contribution in [1.82, 2.24) is 14.5 Å². The lowest BCUT2D eigenvalue weighted by Gasteiger charge is -2.20. The van der Waals surface area contributed by atoms with Gasteiger partial charge in [-0.1, -0.05) is 29.5 Å². The van der Waals surface area contributed by atoms with Gasteiger partial charge in [0.25, 0.3) is 0 Å². The van der Waals surface area contributed by atoms with E-state index in [-0.39, 0.29) is 12.3 Å². The predicted molar refractivity (Wildman–Crippen MR) is 132 cm³/mol. The lowest BCUT2D eigenvalue weighted by atomic mass is 10.1. The summed E-state index contributed by atoms with van der Waals surface area (Å²) in [4.78, 5) is 24.3. The Morgan fingerprint density at radius 3 is 2.58 bits per heavy atom.